The van der Waals surface area contributed by atoms with E-state index in [4.69, 9.17) is 5.26 Å². The minimum Gasteiger partial charge on any atom is -0.192 e. The Kier molecular flexibility index (Phi) is 6.49. The minimum absolute atomic E-state index is 0.498. The van der Waals surface area contributed by atoms with Crippen LogP contribution in [0.1, 0.15) is 62.8 Å². The van der Waals surface area contributed by atoms with E-state index in [2.05, 4.69) is 32.9 Å². The Morgan fingerprint density at radius 1 is 1.25 bits per heavy atom. The zero-order valence-corrected chi connectivity index (χ0v) is 11.4. The first-order valence-corrected chi connectivity index (χ1v) is 6.13. The predicted molar refractivity (Wildman–Crippen MR) is 70.7 cm³/mol. The van der Waals surface area contributed by atoms with Gasteiger partial charge in [-0.2, -0.15) is 5.26 Å². The van der Waals surface area contributed by atoms with Gasteiger partial charge in [0.15, 0.2) is 0 Å². The number of hydrogen-bond donors (Lipinski definition) is 0. The van der Waals surface area contributed by atoms with E-state index in [0.29, 0.717) is 5.92 Å². The first-order valence-electron chi connectivity index (χ1n) is 6.13. The van der Waals surface area contributed by atoms with Crippen molar-refractivity contribution >= 4 is 0 Å². The molecule has 0 aromatic heterocycles. The van der Waals surface area contributed by atoms with Crippen LogP contribution in [0.25, 0.3) is 0 Å². The van der Waals surface area contributed by atoms with E-state index in [9.17, 15) is 0 Å². The molecule has 0 saturated heterocycles. The zero-order valence-electron chi connectivity index (χ0n) is 11.4. The van der Waals surface area contributed by atoms with Crippen LogP contribution < -0.4 is 0 Å². The van der Waals surface area contributed by atoms with Crippen molar-refractivity contribution in [1.82, 2.24) is 0 Å². The number of benzene rings is 1. The molecule has 0 aliphatic rings. The van der Waals surface area contributed by atoms with Crippen LogP contribution >= 0.6 is 0 Å². The summed E-state index contributed by atoms with van der Waals surface area (Å²) in [4.78, 5) is 0. The smallest absolute Gasteiger partial charge is 0.0994 e. The highest BCUT2D eigenvalue weighted by Gasteiger charge is 2.08. The Morgan fingerprint density at radius 2 is 1.81 bits per heavy atom. The number of hydrogen-bond acceptors (Lipinski definition) is 1. The molecule has 0 aliphatic carbocycles. The van der Waals surface area contributed by atoms with Crippen molar-refractivity contribution in [2.75, 3.05) is 0 Å². The highest BCUT2D eigenvalue weighted by Crippen LogP contribution is 2.23. The molecule has 0 fully saturated rings. The SMILES string of the molecule is CC.CCc1cc(C)c(C#N)cc1C(C)C. The average Bonchev–Trinajstić information content (AvgIpc) is 2.30. The lowest BCUT2D eigenvalue weighted by Crippen LogP contribution is -1.98. The lowest BCUT2D eigenvalue weighted by molar-refractivity contribution is 0.842. The van der Waals surface area contributed by atoms with E-state index in [1.165, 1.54) is 11.1 Å². The molecule has 1 aromatic rings. The van der Waals surface area contributed by atoms with Crippen molar-refractivity contribution in [1.29, 1.82) is 5.26 Å². The first kappa shape index (κ1) is 14.7. The Labute approximate surface area is 100 Å². The van der Waals surface area contributed by atoms with Gasteiger partial charge in [0.1, 0.15) is 0 Å². The summed E-state index contributed by atoms with van der Waals surface area (Å²) in [6.07, 6.45) is 1.04. The van der Waals surface area contributed by atoms with E-state index in [-0.39, 0.29) is 0 Å². The van der Waals surface area contributed by atoms with Gasteiger partial charge in [0.05, 0.1) is 11.6 Å². The number of nitriles is 1. The van der Waals surface area contributed by atoms with Crippen LogP contribution in [-0.4, -0.2) is 0 Å². The zero-order chi connectivity index (χ0) is 12.7. The molecule has 16 heavy (non-hydrogen) atoms. The molecule has 0 radical (unpaired) electrons. The molecule has 1 nitrogen and oxygen atoms in total. The molecule has 1 rings (SSSR count). The van der Waals surface area contributed by atoms with Crippen LogP contribution in [0.4, 0.5) is 0 Å². The number of aryl methyl sites for hydroxylation is 2. The molecular formula is C15H23N. The predicted octanol–water partition coefficient (Wildman–Crippen LogP) is 4.58. The van der Waals surface area contributed by atoms with Crippen LogP contribution in [0.5, 0.6) is 0 Å². The second kappa shape index (κ2) is 7.06. The van der Waals surface area contributed by atoms with E-state index in [0.717, 1.165) is 17.5 Å². The molecule has 0 unspecified atom stereocenters. The van der Waals surface area contributed by atoms with Crippen molar-refractivity contribution in [2.45, 2.75) is 53.9 Å². The minimum atomic E-state index is 0.498. The maximum absolute atomic E-state index is 8.94. The molecule has 1 aromatic carbocycles. The van der Waals surface area contributed by atoms with Gasteiger partial charge in [-0.1, -0.05) is 40.7 Å². The number of rotatable bonds is 2. The molecule has 0 bridgehead atoms. The van der Waals surface area contributed by atoms with Crippen molar-refractivity contribution in [3.63, 3.8) is 0 Å². The van der Waals surface area contributed by atoms with Gasteiger partial charge >= 0.3 is 0 Å². The molecule has 0 aliphatic heterocycles. The van der Waals surface area contributed by atoms with Gasteiger partial charge in [0.2, 0.25) is 0 Å². The highest BCUT2D eigenvalue weighted by atomic mass is 14.2. The van der Waals surface area contributed by atoms with E-state index < -0.39 is 0 Å². The van der Waals surface area contributed by atoms with Crippen LogP contribution in [-0.2, 0) is 6.42 Å². The average molecular weight is 217 g/mol. The molecule has 0 amide bonds. The fourth-order valence-electron chi connectivity index (χ4n) is 1.75. The van der Waals surface area contributed by atoms with E-state index >= 15 is 0 Å². The summed E-state index contributed by atoms with van der Waals surface area (Å²) in [6, 6.07) is 6.43. The topological polar surface area (TPSA) is 23.8 Å². The Hall–Kier alpha value is -1.29. The molecule has 0 N–H and O–H groups in total. The quantitative estimate of drug-likeness (QED) is 0.711. The molecule has 0 saturated carbocycles. The van der Waals surface area contributed by atoms with Gasteiger partial charge in [-0.05, 0) is 42.0 Å². The second-order valence-corrected chi connectivity index (χ2v) is 3.99. The standard InChI is InChI=1S/C13H17N.C2H6/c1-5-11-6-10(4)12(8-14)7-13(11)9(2)3;1-2/h6-7,9H,5H2,1-4H3;1-2H3. The van der Waals surface area contributed by atoms with Crippen molar-refractivity contribution in [3.8, 4) is 6.07 Å². The molecule has 0 heterocycles. The van der Waals surface area contributed by atoms with Gasteiger partial charge in [-0.3, -0.25) is 0 Å². The van der Waals surface area contributed by atoms with E-state index in [1.807, 2.05) is 26.8 Å². The first-order chi connectivity index (χ1) is 7.60. The van der Waals surface area contributed by atoms with E-state index in [1.54, 1.807) is 0 Å². The van der Waals surface area contributed by atoms with Crippen LogP contribution in [0.15, 0.2) is 12.1 Å². The van der Waals surface area contributed by atoms with Gasteiger partial charge in [-0.15, -0.1) is 0 Å². The molecule has 0 atom stereocenters. The summed E-state index contributed by atoms with van der Waals surface area (Å²) in [6.45, 7) is 12.5. The second-order valence-electron chi connectivity index (χ2n) is 3.99. The maximum atomic E-state index is 8.94. The molecular weight excluding hydrogens is 194 g/mol. The third kappa shape index (κ3) is 3.38. The molecule has 88 valence electrons. The third-order valence-electron chi connectivity index (χ3n) is 2.61. The van der Waals surface area contributed by atoms with Gasteiger partial charge < -0.3 is 0 Å². The fraction of sp³-hybridized carbons (Fsp3) is 0.533. The van der Waals surface area contributed by atoms with Gasteiger partial charge in [-0.25, -0.2) is 0 Å². The largest absolute Gasteiger partial charge is 0.192 e. The highest BCUT2D eigenvalue weighted by molar-refractivity contribution is 5.45. The summed E-state index contributed by atoms with van der Waals surface area (Å²) >= 11 is 0. The van der Waals surface area contributed by atoms with Crippen molar-refractivity contribution < 1.29 is 0 Å². The lowest BCUT2D eigenvalue weighted by atomic mass is 9.91. The summed E-state index contributed by atoms with van der Waals surface area (Å²) in [5.74, 6) is 0.498. The summed E-state index contributed by atoms with van der Waals surface area (Å²) < 4.78 is 0. The van der Waals surface area contributed by atoms with Crippen LogP contribution in [0, 0.1) is 18.3 Å². The summed E-state index contributed by atoms with van der Waals surface area (Å²) in [5.41, 5.74) is 4.59. The Morgan fingerprint density at radius 3 is 2.19 bits per heavy atom. The van der Waals surface area contributed by atoms with Crippen molar-refractivity contribution in [3.05, 3.63) is 34.4 Å². The fourth-order valence-corrected chi connectivity index (χ4v) is 1.75. The number of nitrogens with zero attached hydrogens (tertiary/aromatic N) is 1. The third-order valence-corrected chi connectivity index (χ3v) is 2.61. The Balaban J connectivity index is 0.00000106. The maximum Gasteiger partial charge on any atom is 0.0994 e. The van der Waals surface area contributed by atoms with Gasteiger partial charge in [0, 0.05) is 0 Å². The monoisotopic (exact) mass is 217 g/mol. The summed E-state index contributed by atoms with van der Waals surface area (Å²) in [5, 5.41) is 8.94. The molecule has 0 spiro atoms. The van der Waals surface area contributed by atoms with Gasteiger partial charge in [0.25, 0.3) is 0 Å². The van der Waals surface area contributed by atoms with Crippen molar-refractivity contribution in [2.24, 2.45) is 0 Å². The Bertz CT molecular complexity index is 370. The summed E-state index contributed by atoms with van der Waals surface area (Å²) in [7, 11) is 0. The molecule has 1 heteroatoms. The lowest BCUT2D eigenvalue weighted by Gasteiger charge is -2.13. The van der Waals surface area contributed by atoms with Crippen LogP contribution in [0.3, 0.4) is 0 Å². The normalized spacial score (nSPS) is 9.38. The van der Waals surface area contributed by atoms with Crippen LogP contribution in [0.2, 0.25) is 0 Å².